The highest BCUT2D eigenvalue weighted by atomic mass is 16.3. The molecule has 2 heteroatoms. The maximum atomic E-state index is 6.24. The van der Waals surface area contributed by atoms with E-state index in [1.54, 1.807) is 0 Å². The molecular weight excluding hydrogens is 270 g/mol. The van der Waals surface area contributed by atoms with Crippen molar-refractivity contribution >= 4 is 16.5 Å². The second-order valence-electron chi connectivity index (χ2n) is 5.30. The monoisotopic (exact) mass is 285 g/mol. The van der Waals surface area contributed by atoms with E-state index < -0.39 is 0 Å². The lowest BCUT2D eigenvalue weighted by molar-refractivity contribution is 0.602. The van der Waals surface area contributed by atoms with Crippen LogP contribution in [0.1, 0.15) is 0 Å². The standard InChI is InChI=1S/C20H15NO/c21-16-11-12-17-18(13-16)20(15-9-5-2-6-10-15)22-19(17)14-7-3-1-4-8-14/h1-13H,21H2. The van der Waals surface area contributed by atoms with Crippen LogP contribution in [0, 0.1) is 0 Å². The highest BCUT2D eigenvalue weighted by molar-refractivity contribution is 6.03. The van der Waals surface area contributed by atoms with Crippen LogP contribution in [0.15, 0.2) is 83.3 Å². The van der Waals surface area contributed by atoms with Gasteiger partial charge in [-0.15, -0.1) is 0 Å². The van der Waals surface area contributed by atoms with Gasteiger partial charge in [-0.2, -0.15) is 0 Å². The maximum absolute atomic E-state index is 6.24. The normalized spacial score (nSPS) is 10.9. The first-order valence-corrected chi connectivity index (χ1v) is 7.26. The highest BCUT2D eigenvalue weighted by Gasteiger charge is 2.16. The average Bonchev–Trinajstić information content (AvgIpc) is 2.95. The van der Waals surface area contributed by atoms with Crippen molar-refractivity contribution in [2.75, 3.05) is 5.73 Å². The number of fused-ring (bicyclic) bond motifs is 1. The van der Waals surface area contributed by atoms with Gasteiger partial charge in [-0.3, -0.25) is 0 Å². The molecule has 0 aliphatic rings. The summed E-state index contributed by atoms with van der Waals surface area (Å²) < 4.78 is 6.24. The van der Waals surface area contributed by atoms with Gasteiger partial charge in [-0.25, -0.2) is 0 Å². The third-order valence-electron chi connectivity index (χ3n) is 3.81. The Morgan fingerprint density at radius 1 is 0.591 bits per heavy atom. The van der Waals surface area contributed by atoms with Crippen LogP contribution in [-0.4, -0.2) is 0 Å². The molecule has 0 spiro atoms. The van der Waals surface area contributed by atoms with Crippen LogP contribution in [-0.2, 0) is 0 Å². The van der Waals surface area contributed by atoms with Crippen molar-refractivity contribution in [3.8, 4) is 22.6 Å². The minimum atomic E-state index is 0.741. The van der Waals surface area contributed by atoms with E-state index in [1.807, 2.05) is 54.6 Å². The third kappa shape index (κ3) is 2.06. The first-order chi connectivity index (χ1) is 10.8. The van der Waals surface area contributed by atoms with Crippen molar-refractivity contribution < 1.29 is 4.42 Å². The summed E-state index contributed by atoms with van der Waals surface area (Å²) in [5, 5.41) is 2.13. The van der Waals surface area contributed by atoms with Gasteiger partial charge >= 0.3 is 0 Å². The Morgan fingerprint density at radius 2 is 1.14 bits per heavy atom. The van der Waals surface area contributed by atoms with Crippen molar-refractivity contribution in [3.05, 3.63) is 78.9 Å². The van der Waals surface area contributed by atoms with Crippen molar-refractivity contribution in [3.63, 3.8) is 0 Å². The van der Waals surface area contributed by atoms with Crippen LogP contribution in [0.3, 0.4) is 0 Å². The third-order valence-corrected chi connectivity index (χ3v) is 3.81. The fourth-order valence-corrected chi connectivity index (χ4v) is 2.77. The van der Waals surface area contributed by atoms with Crippen LogP contribution in [0.4, 0.5) is 5.69 Å². The summed E-state index contributed by atoms with van der Waals surface area (Å²) in [7, 11) is 0. The van der Waals surface area contributed by atoms with E-state index in [9.17, 15) is 0 Å². The second-order valence-corrected chi connectivity index (χ2v) is 5.30. The Kier molecular flexibility index (Phi) is 2.94. The van der Waals surface area contributed by atoms with Gasteiger partial charge in [-0.05, 0) is 18.2 Å². The number of nitrogen functional groups attached to an aromatic ring is 1. The number of anilines is 1. The fourth-order valence-electron chi connectivity index (χ4n) is 2.77. The lowest BCUT2D eigenvalue weighted by Gasteiger charge is -1.98. The molecule has 0 aliphatic carbocycles. The summed E-state index contributed by atoms with van der Waals surface area (Å²) >= 11 is 0. The molecule has 0 aliphatic heterocycles. The Morgan fingerprint density at radius 3 is 1.73 bits per heavy atom. The van der Waals surface area contributed by atoms with Gasteiger partial charge < -0.3 is 10.2 Å². The molecule has 22 heavy (non-hydrogen) atoms. The zero-order chi connectivity index (χ0) is 14.9. The Balaban J connectivity index is 2.04. The van der Waals surface area contributed by atoms with Gasteiger partial charge in [0.25, 0.3) is 0 Å². The van der Waals surface area contributed by atoms with Gasteiger partial charge in [0.1, 0.15) is 11.5 Å². The maximum Gasteiger partial charge on any atom is 0.142 e. The van der Waals surface area contributed by atoms with Crippen LogP contribution in [0.25, 0.3) is 33.4 Å². The first kappa shape index (κ1) is 12.7. The quantitative estimate of drug-likeness (QED) is 0.504. The largest absolute Gasteiger partial charge is 0.455 e. The van der Waals surface area contributed by atoms with Crippen LogP contribution in [0.2, 0.25) is 0 Å². The topological polar surface area (TPSA) is 39.2 Å². The molecule has 106 valence electrons. The number of rotatable bonds is 2. The molecule has 3 aromatic carbocycles. The predicted octanol–water partition coefficient (Wildman–Crippen LogP) is 5.35. The minimum absolute atomic E-state index is 0.741. The van der Waals surface area contributed by atoms with E-state index in [4.69, 9.17) is 10.2 Å². The second kappa shape index (κ2) is 5.08. The van der Waals surface area contributed by atoms with Gasteiger partial charge in [0.05, 0.1) is 0 Å². The Bertz CT molecular complexity index is 924. The fraction of sp³-hybridized carbons (Fsp3) is 0. The molecule has 4 aromatic rings. The van der Waals surface area contributed by atoms with E-state index in [-0.39, 0.29) is 0 Å². The van der Waals surface area contributed by atoms with Crippen molar-refractivity contribution in [1.29, 1.82) is 0 Å². The first-order valence-electron chi connectivity index (χ1n) is 7.26. The average molecular weight is 285 g/mol. The van der Waals surface area contributed by atoms with Crippen molar-refractivity contribution in [1.82, 2.24) is 0 Å². The lowest BCUT2D eigenvalue weighted by Crippen LogP contribution is -1.83. The van der Waals surface area contributed by atoms with Crippen LogP contribution < -0.4 is 5.73 Å². The summed E-state index contributed by atoms with van der Waals surface area (Å²) in [6.07, 6.45) is 0. The van der Waals surface area contributed by atoms with Gasteiger partial charge in [-0.1, -0.05) is 60.7 Å². The predicted molar refractivity (Wildman–Crippen MR) is 91.5 cm³/mol. The zero-order valence-electron chi connectivity index (χ0n) is 12.0. The van der Waals surface area contributed by atoms with Crippen LogP contribution >= 0.6 is 0 Å². The summed E-state index contributed by atoms with van der Waals surface area (Å²) in [5.41, 5.74) is 8.84. The van der Waals surface area contributed by atoms with E-state index in [2.05, 4.69) is 24.3 Å². The summed E-state index contributed by atoms with van der Waals surface area (Å²) in [6, 6.07) is 26.2. The molecule has 0 unspecified atom stereocenters. The Hall–Kier alpha value is -3.00. The lowest BCUT2D eigenvalue weighted by atomic mass is 10.0. The zero-order valence-corrected chi connectivity index (χ0v) is 12.0. The van der Waals surface area contributed by atoms with E-state index in [0.29, 0.717) is 0 Å². The molecule has 0 bridgehead atoms. The van der Waals surface area contributed by atoms with Crippen molar-refractivity contribution in [2.24, 2.45) is 0 Å². The smallest absolute Gasteiger partial charge is 0.142 e. The SMILES string of the molecule is Nc1ccc2c(-c3ccccc3)oc(-c3ccccc3)c2c1. The highest BCUT2D eigenvalue weighted by Crippen LogP contribution is 2.39. The number of benzene rings is 3. The summed E-state index contributed by atoms with van der Waals surface area (Å²) in [5.74, 6) is 1.75. The number of hydrogen-bond acceptors (Lipinski definition) is 2. The summed E-state index contributed by atoms with van der Waals surface area (Å²) in [6.45, 7) is 0. The number of nitrogens with two attached hydrogens (primary N) is 1. The molecule has 1 aromatic heterocycles. The molecular formula is C20H15NO. The van der Waals surface area contributed by atoms with E-state index in [0.717, 1.165) is 39.1 Å². The Labute approximate surface area is 128 Å². The van der Waals surface area contributed by atoms with Gasteiger partial charge in [0.15, 0.2) is 0 Å². The number of furan rings is 1. The molecule has 0 atom stereocenters. The molecule has 0 fully saturated rings. The molecule has 0 saturated carbocycles. The molecule has 1 heterocycles. The van der Waals surface area contributed by atoms with Crippen LogP contribution in [0.5, 0.6) is 0 Å². The van der Waals surface area contributed by atoms with Gasteiger partial charge in [0, 0.05) is 27.6 Å². The molecule has 0 amide bonds. The number of hydrogen-bond donors (Lipinski definition) is 1. The van der Waals surface area contributed by atoms with E-state index >= 15 is 0 Å². The van der Waals surface area contributed by atoms with Gasteiger partial charge in [0.2, 0.25) is 0 Å². The molecule has 0 radical (unpaired) electrons. The summed E-state index contributed by atoms with van der Waals surface area (Å²) in [4.78, 5) is 0. The molecule has 0 saturated heterocycles. The molecule has 2 nitrogen and oxygen atoms in total. The minimum Gasteiger partial charge on any atom is -0.455 e. The van der Waals surface area contributed by atoms with E-state index in [1.165, 1.54) is 0 Å². The molecule has 2 N–H and O–H groups in total. The molecule has 4 rings (SSSR count). The van der Waals surface area contributed by atoms with Crippen molar-refractivity contribution in [2.45, 2.75) is 0 Å².